The van der Waals surface area contributed by atoms with Gasteiger partial charge in [0.05, 0.1) is 5.02 Å². The molecule has 1 aromatic rings. The van der Waals surface area contributed by atoms with Gasteiger partial charge in [0.25, 0.3) is 5.91 Å². The van der Waals surface area contributed by atoms with E-state index in [0.717, 1.165) is 4.90 Å². The number of urea groups is 1. The van der Waals surface area contributed by atoms with Crippen LogP contribution in [-0.4, -0.2) is 30.7 Å². The number of rotatable bonds is 1. The molecule has 3 rings (SSSR count). The summed E-state index contributed by atoms with van der Waals surface area (Å²) in [6.07, 6.45) is 1.51. The molecule has 0 saturated carbocycles. The Bertz CT molecular complexity index is 626. The number of halogens is 1. The van der Waals surface area contributed by atoms with Crippen LogP contribution in [0.25, 0.3) is 6.08 Å². The number of hydrogen-bond acceptors (Lipinski definition) is 4. The fraction of sp³-hybridized carbons (Fsp3) is 0.167. The van der Waals surface area contributed by atoms with Crippen LogP contribution in [0, 0.1) is 0 Å². The van der Waals surface area contributed by atoms with E-state index in [9.17, 15) is 9.59 Å². The smallest absolute Gasteiger partial charge is 0.328 e. The number of imide groups is 1. The third-order valence-corrected chi connectivity index (χ3v) is 3.20. The third kappa shape index (κ3) is 1.90. The Labute approximate surface area is 113 Å². The fourth-order valence-electron chi connectivity index (χ4n) is 1.82. The Morgan fingerprint density at radius 2 is 2.00 bits per heavy atom. The molecule has 1 fully saturated rings. The van der Waals surface area contributed by atoms with E-state index in [0.29, 0.717) is 22.1 Å². The van der Waals surface area contributed by atoms with Crippen molar-refractivity contribution in [2.45, 2.75) is 0 Å². The largest absolute Gasteiger partial charge is 0.454 e. The monoisotopic (exact) mass is 280 g/mol. The average Bonchev–Trinajstić information content (AvgIpc) is 2.91. The van der Waals surface area contributed by atoms with Crippen molar-refractivity contribution in [3.8, 4) is 11.5 Å². The molecule has 98 valence electrons. The lowest BCUT2D eigenvalue weighted by atomic mass is 10.1. The Kier molecular flexibility index (Phi) is 2.60. The Hall–Kier alpha value is -2.21. The summed E-state index contributed by atoms with van der Waals surface area (Å²) in [5.74, 6) is 0.714. The van der Waals surface area contributed by atoms with E-state index < -0.39 is 11.9 Å². The van der Waals surface area contributed by atoms with Crippen molar-refractivity contribution in [3.63, 3.8) is 0 Å². The first-order valence-corrected chi connectivity index (χ1v) is 5.84. The van der Waals surface area contributed by atoms with Crippen LogP contribution in [-0.2, 0) is 4.79 Å². The number of fused-ring (bicyclic) bond motifs is 1. The van der Waals surface area contributed by atoms with Crippen LogP contribution in [0.1, 0.15) is 5.56 Å². The van der Waals surface area contributed by atoms with Gasteiger partial charge in [-0.25, -0.2) is 4.79 Å². The standard InChI is InChI=1S/C12H9ClN2O4/c1-15-11(16)8(14-12(15)17)2-6-3-9-10(4-7(6)13)19-5-18-9/h2-4H,5H2,1H3,(H,14,17)/b8-2+. The van der Waals surface area contributed by atoms with E-state index in [-0.39, 0.29) is 12.5 Å². The Morgan fingerprint density at radius 1 is 1.32 bits per heavy atom. The molecule has 1 N–H and O–H groups in total. The minimum absolute atomic E-state index is 0.143. The maximum absolute atomic E-state index is 11.7. The summed E-state index contributed by atoms with van der Waals surface area (Å²) in [6, 6.07) is 2.81. The molecule has 0 bridgehead atoms. The highest BCUT2D eigenvalue weighted by Crippen LogP contribution is 2.37. The number of amides is 3. The summed E-state index contributed by atoms with van der Waals surface area (Å²) >= 11 is 6.09. The lowest BCUT2D eigenvalue weighted by molar-refractivity contribution is -0.121. The van der Waals surface area contributed by atoms with Gasteiger partial charge in [0.2, 0.25) is 6.79 Å². The first-order chi connectivity index (χ1) is 9.06. The van der Waals surface area contributed by atoms with Crippen molar-refractivity contribution in [1.29, 1.82) is 0 Å². The van der Waals surface area contributed by atoms with Crippen molar-refractivity contribution in [1.82, 2.24) is 10.2 Å². The van der Waals surface area contributed by atoms with E-state index in [1.807, 2.05) is 0 Å². The molecular formula is C12H9ClN2O4. The normalized spacial score (nSPS) is 19.3. The van der Waals surface area contributed by atoms with E-state index in [1.165, 1.54) is 13.1 Å². The van der Waals surface area contributed by atoms with Gasteiger partial charge in [-0.1, -0.05) is 11.6 Å². The molecule has 3 amide bonds. The summed E-state index contributed by atoms with van der Waals surface area (Å²) in [6.45, 7) is 0.143. The van der Waals surface area contributed by atoms with Gasteiger partial charge in [-0.2, -0.15) is 0 Å². The molecule has 2 heterocycles. The third-order valence-electron chi connectivity index (χ3n) is 2.87. The van der Waals surface area contributed by atoms with Gasteiger partial charge in [-0.3, -0.25) is 9.69 Å². The summed E-state index contributed by atoms with van der Waals surface area (Å²) in [5.41, 5.74) is 0.748. The summed E-state index contributed by atoms with van der Waals surface area (Å²) in [5, 5.41) is 2.88. The molecular weight excluding hydrogens is 272 g/mol. The van der Waals surface area contributed by atoms with Crippen molar-refractivity contribution < 1.29 is 19.1 Å². The number of nitrogens with one attached hydrogen (secondary N) is 1. The molecule has 2 aliphatic heterocycles. The Morgan fingerprint density at radius 3 is 2.63 bits per heavy atom. The molecule has 1 saturated heterocycles. The van der Waals surface area contributed by atoms with Gasteiger partial charge >= 0.3 is 6.03 Å². The molecule has 19 heavy (non-hydrogen) atoms. The SMILES string of the molecule is CN1C(=O)N/C(=C/c2cc3c(cc2Cl)OCO3)C1=O. The van der Waals surface area contributed by atoms with Crippen LogP contribution >= 0.6 is 11.6 Å². The fourth-order valence-corrected chi connectivity index (χ4v) is 2.03. The first kappa shape index (κ1) is 11.9. The zero-order valence-electron chi connectivity index (χ0n) is 9.90. The number of benzene rings is 1. The van der Waals surface area contributed by atoms with Gasteiger partial charge < -0.3 is 14.8 Å². The van der Waals surface area contributed by atoms with Crippen molar-refractivity contribution in [3.05, 3.63) is 28.4 Å². The second kappa shape index (κ2) is 4.17. The minimum atomic E-state index is -0.465. The van der Waals surface area contributed by atoms with Gasteiger partial charge in [0.15, 0.2) is 11.5 Å². The zero-order valence-corrected chi connectivity index (χ0v) is 10.7. The number of ether oxygens (including phenoxy) is 2. The highest BCUT2D eigenvalue weighted by atomic mass is 35.5. The predicted octanol–water partition coefficient (Wildman–Crippen LogP) is 1.59. The van der Waals surface area contributed by atoms with Crippen LogP contribution in [0.3, 0.4) is 0 Å². The highest BCUT2D eigenvalue weighted by molar-refractivity contribution is 6.32. The molecule has 1 aromatic carbocycles. The lowest BCUT2D eigenvalue weighted by Crippen LogP contribution is -2.25. The highest BCUT2D eigenvalue weighted by Gasteiger charge is 2.30. The number of carbonyl (C=O) groups excluding carboxylic acids is 2. The van der Waals surface area contributed by atoms with Crippen molar-refractivity contribution in [2.24, 2.45) is 0 Å². The maximum atomic E-state index is 11.7. The molecule has 0 spiro atoms. The summed E-state index contributed by atoms with van der Waals surface area (Å²) < 4.78 is 10.4. The summed E-state index contributed by atoms with van der Waals surface area (Å²) in [7, 11) is 1.40. The molecule has 0 unspecified atom stereocenters. The van der Waals surface area contributed by atoms with E-state index in [1.54, 1.807) is 12.1 Å². The summed E-state index contributed by atoms with van der Waals surface area (Å²) in [4.78, 5) is 24.1. The van der Waals surface area contributed by atoms with Gasteiger partial charge in [-0.05, 0) is 17.7 Å². The quantitative estimate of drug-likeness (QED) is 0.627. The second-order valence-electron chi connectivity index (χ2n) is 4.08. The molecule has 0 aromatic heterocycles. The van der Waals surface area contributed by atoms with Crippen LogP contribution in [0.2, 0.25) is 5.02 Å². The predicted molar refractivity (Wildman–Crippen MR) is 66.9 cm³/mol. The minimum Gasteiger partial charge on any atom is -0.454 e. The zero-order chi connectivity index (χ0) is 13.6. The van der Waals surface area contributed by atoms with Crippen molar-refractivity contribution in [2.75, 3.05) is 13.8 Å². The van der Waals surface area contributed by atoms with Crippen LogP contribution in [0.5, 0.6) is 11.5 Å². The van der Waals surface area contributed by atoms with Crippen LogP contribution < -0.4 is 14.8 Å². The van der Waals surface area contributed by atoms with Crippen LogP contribution in [0.15, 0.2) is 17.8 Å². The second-order valence-corrected chi connectivity index (χ2v) is 4.49. The van der Waals surface area contributed by atoms with Crippen LogP contribution in [0.4, 0.5) is 4.79 Å². The van der Waals surface area contributed by atoms with E-state index in [4.69, 9.17) is 21.1 Å². The molecule has 0 radical (unpaired) electrons. The molecule has 6 nitrogen and oxygen atoms in total. The number of carbonyl (C=O) groups is 2. The lowest BCUT2D eigenvalue weighted by Gasteiger charge is -2.03. The number of hydrogen-bond donors (Lipinski definition) is 1. The van der Waals surface area contributed by atoms with Gasteiger partial charge in [0, 0.05) is 13.1 Å². The first-order valence-electron chi connectivity index (χ1n) is 5.46. The van der Waals surface area contributed by atoms with Gasteiger partial charge in [0.1, 0.15) is 5.70 Å². The van der Waals surface area contributed by atoms with Gasteiger partial charge in [-0.15, -0.1) is 0 Å². The van der Waals surface area contributed by atoms with Crippen molar-refractivity contribution >= 4 is 29.6 Å². The molecule has 0 atom stereocenters. The number of nitrogens with zero attached hydrogens (tertiary/aromatic N) is 1. The average molecular weight is 281 g/mol. The van der Waals surface area contributed by atoms with E-state index in [2.05, 4.69) is 5.32 Å². The van der Waals surface area contributed by atoms with E-state index >= 15 is 0 Å². The molecule has 0 aliphatic carbocycles. The maximum Gasteiger partial charge on any atom is 0.328 e. The molecule has 7 heteroatoms. The number of likely N-dealkylation sites (N-methyl/N-ethyl adjacent to an activating group) is 1. The topological polar surface area (TPSA) is 67.9 Å². The molecule has 2 aliphatic rings. The Balaban J connectivity index is 2.00.